The van der Waals surface area contributed by atoms with E-state index in [9.17, 15) is 4.79 Å². The van der Waals surface area contributed by atoms with Crippen LogP contribution in [0, 0.1) is 0 Å². The number of amides is 1. The number of rotatable bonds is 2. The number of pyridine rings is 1. The molecule has 5 heteroatoms. The summed E-state index contributed by atoms with van der Waals surface area (Å²) >= 11 is 0. The lowest BCUT2D eigenvalue weighted by Gasteiger charge is -2.30. The number of para-hydroxylation sites is 1. The van der Waals surface area contributed by atoms with E-state index in [-0.39, 0.29) is 5.91 Å². The lowest BCUT2D eigenvalue weighted by atomic mass is 9.93. The fourth-order valence-electron chi connectivity index (χ4n) is 5.17. The molecule has 2 aliphatic heterocycles. The molecule has 42 heavy (non-hydrogen) atoms. The summed E-state index contributed by atoms with van der Waals surface area (Å²) in [6.45, 7) is 10.5. The molecule has 0 unspecified atom stereocenters. The second-order valence-corrected chi connectivity index (χ2v) is 9.44. The highest BCUT2D eigenvalue weighted by Gasteiger charge is 2.24. The Morgan fingerprint density at radius 2 is 1.40 bits per heavy atom. The molecule has 1 aromatic heterocycles. The highest BCUT2D eigenvalue weighted by Crippen LogP contribution is 2.47. The van der Waals surface area contributed by atoms with E-state index in [0.717, 1.165) is 33.4 Å². The van der Waals surface area contributed by atoms with E-state index in [0.29, 0.717) is 26.3 Å². The van der Waals surface area contributed by atoms with Crippen molar-refractivity contribution in [2.45, 2.75) is 27.7 Å². The Morgan fingerprint density at radius 3 is 2.10 bits per heavy atom. The molecule has 0 saturated carbocycles. The first-order valence-corrected chi connectivity index (χ1v) is 14.9. The van der Waals surface area contributed by atoms with E-state index in [1.54, 1.807) is 6.08 Å². The first-order valence-electron chi connectivity index (χ1n) is 14.9. The molecule has 0 atom stereocenters. The lowest BCUT2D eigenvalue weighted by Crippen LogP contribution is -2.39. The highest BCUT2D eigenvalue weighted by atomic mass is 16.5. The van der Waals surface area contributed by atoms with E-state index >= 15 is 0 Å². The molecule has 1 amide bonds. The van der Waals surface area contributed by atoms with Gasteiger partial charge >= 0.3 is 0 Å². The number of hydrogen-bond acceptors (Lipinski definition) is 4. The molecular formula is C37H41N3O2. The maximum atomic E-state index is 12.5. The van der Waals surface area contributed by atoms with Crippen molar-refractivity contribution < 1.29 is 9.53 Å². The number of fused-ring (bicyclic) bond motifs is 4. The number of benzene rings is 4. The predicted molar refractivity (Wildman–Crippen MR) is 178 cm³/mol. The van der Waals surface area contributed by atoms with Gasteiger partial charge in [-0.1, -0.05) is 100 Å². The van der Waals surface area contributed by atoms with Crippen molar-refractivity contribution in [1.29, 1.82) is 0 Å². The Bertz CT molecular complexity index is 1610. The lowest BCUT2D eigenvalue weighted by molar-refractivity contribution is -0.129. The molecule has 216 valence electrons. The Kier molecular flexibility index (Phi) is 10.8. The standard InChI is InChI=1S/C27H23N3O2.C6H6.2C2H6/c1-29-23-7-3-2-5-20(23)27-26-19(6-4-8-24(26)29)21-17-18(9-11-22(21)28-27)10-12-25(31)30-13-15-32-16-14-30;1-2-4-6-5-3-1;2*1-2/h2-12,17H,13-16H2,1H3;1-6H;2*1-2H3/b12-10+;;;. The van der Waals surface area contributed by atoms with E-state index in [1.807, 2.05) is 81.1 Å². The third kappa shape index (κ3) is 6.53. The zero-order valence-corrected chi connectivity index (χ0v) is 25.4. The van der Waals surface area contributed by atoms with Crippen molar-refractivity contribution >= 4 is 45.0 Å². The summed E-state index contributed by atoms with van der Waals surface area (Å²) < 4.78 is 5.34. The van der Waals surface area contributed by atoms with Crippen LogP contribution in [0.5, 0.6) is 0 Å². The van der Waals surface area contributed by atoms with E-state index in [1.165, 1.54) is 16.5 Å². The van der Waals surface area contributed by atoms with Gasteiger partial charge in [0.15, 0.2) is 0 Å². The largest absolute Gasteiger partial charge is 0.378 e. The summed E-state index contributed by atoms with van der Waals surface area (Å²) in [5.41, 5.74) is 6.46. The van der Waals surface area contributed by atoms with Gasteiger partial charge in [-0.2, -0.15) is 0 Å². The van der Waals surface area contributed by atoms with E-state index in [2.05, 4.69) is 66.5 Å². The second kappa shape index (κ2) is 14.9. The fraction of sp³-hybridized carbons (Fsp3) is 0.243. The molecule has 0 bridgehead atoms. The second-order valence-electron chi connectivity index (χ2n) is 9.44. The number of hydrogen-bond donors (Lipinski definition) is 0. The molecule has 1 fully saturated rings. The molecule has 2 aliphatic rings. The summed E-state index contributed by atoms with van der Waals surface area (Å²) in [5, 5.41) is 3.45. The van der Waals surface area contributed by atoms with Crippen LogP contribution in [-0.2, 0) is 9.53 Å². The van der Waals surface area contributed by atoms with Crippen molar-refractivity contribution in [3.05, 3.63) is 109 Å². The van der Waals surface area contributed by atoms with Gasteiger partial charge in [0.2, 0.25) is 5.91 Å². The molecule has 4 aromatic carbocycles. The zero-order valence-electron chi connectivity index (χ0n) is 25.4. The normalized spacial score (nSPS) is 13.3. The average molecular weight is 560 g/mol. The average Bonchev–Trinajstić information content (AvgIpc) is 3.09. The maximum Gasteiger partial charge on any atom is 0.246 e. The summed E-state index contributed by atoms with van der Waals surface area (Å²) in [5.74, 6) is 0.0293. The first kappa shape index (κ1) is 30.5. The van der Waals surface area contributed by atoms with Gasteiger partial charge in [0.25, 0.3) is 0 Å². The number of carbonyl (C=O) groups excluding carboxylic acids is 1. The van der Waals surface area contributed by atoms with Gasteiger partial charge in [0.1, 0.15) is 0 Å². The van der Waals surface area contributed by atoms with Crippen LogP contribution in [0.3, 0.4) is 0 Å². The minimum atomic E-state index is 0.0293. The van der Waals surface area contributed by atoms with Crippen LogP contribution in [0.15, 0.2) is 103 Å². The molecule has 0 radical (unpaired) electrons. The molecule has 3 heterocycles. The molecule has 0 spiro atoms. The number of aromatic nitrogens is 1. The Balaban J connectivity index is 0.000000352. The third-order valence-electron chi connectivity index (χ3n) is 7.11. The van der Waals surface area contributed by atoms with Crippen LogP contribution in [-0.4, -0.2) is 49.1 Å². The van der Waals surface area contributed by atoms with Gasteiger partial charge in [-0.05, 0) is 41.3 Å². The van der Waals surface area contributed by atoms with Crippen molar-refractivity contribution in [2.24, 2.45) is 0 Å². The van der Waals surface area contributed by atoms with Crippen molar-refractivity contribution in [2.75, 3.05) is 38.3 Å². The van der Waals surface area contributed by atoms with Crippen LogP contribution >= 0.6 is 0 Å². The van der Waals surface area contributed by atoms with Crippen molar-refractivity contribution in [1.82, 2.24) is 9.88 Å². The van der Waals surface area contributed by atoms with Gasteiger partial charge in [0.05, 0.1) is 35.8 Å². The molecule has 5 nitrogen and oxygen atoms in total. The Morgan fingerprint density at radius 1 is 0.762 bits per heavy atom. The van der Waals surface area contributed by atoms with Crippen molar-refractivity contribution in [3.63, 3.8) is 0 Å². The van der Waals surface area contributed by atoms with Crippen LogP contribution in [0.1, 0.15) is 33.3 Å². The van der Waals surface area contributed by atoms with E-state index in [4.69, 9.17) is 9.72 Å². The first-order chi connectivity index (χ1) is 20.7. The fourth-order valence-corrected chi connectivity index (χ4v) is 5.17. The van der Waals surface area contributed by atoms with Gasteiger partial charge in [0, 0.05) is 42.5 Å². The minimum absolute atomic E-state index is 0.0293. The minimum Gasteiger partial charge on any atom is -0.378 e. The maximum absolute atomic E-state index is 12.5. The molecule has 5 aromatic rings. The number of nitrogens with zero attached hydrogens (tertiary/aromatic N) is 3. The van der Waals surface area contributed by atoms with Crippen LogP contribution in [0.2, 0.25) is 0 Å². The molecular weight excluding hydrogens is 518 g/mol. The smallest absolute Gasteiger partial charge is 0.246 e. The third-order valence-corrected chi connectivity index (χ3v) is 7.11. The summed E-state index contributed by atoms with van der Waals surface area (Å²) in [6, 6.07) is 33.1. The monoisotopic (exact) mass is 559 g/mol. The van der Waals surface area contributed by atoms with E-state index < -0.39 is 0 Å². The van der Waals surface area contributed by atoms with Crippen LogP contribution in [0.25, 0.3) is 39.0 Å². The SMILES string of the molecule is CC.CC.CN1c2ccccc2-c2nc3ccc(/C=C/C(=O)N4CCOCC4)cc3c3cccc1c23.c1ccccc1. The quantitative estimate of drug-likeness (QED) is 0.160. The van der Waals surface area contributed by atoms with Gasteiger partial charge < -0.3 is 14.5 Å². The molecule has 7 rings (SSSR count). The molecule has 0 N–H and O–H groups in total. The topological polar surface area (TPSA) is 45.7 Å². The molecule has 0 aliphatic carbocycles. The number of ether oxygens (including phenoxy) is 1. The van der Waals surface area contributed by atoms with Gasteiger partial charge in [-0.25, -0.2) is 4.98 Å². The molecule has 1 saturated heterocycles. The summed E-state index contributed by atoms with van der Waals surface area (Å²) in [4.78, 5) is 21.6. The highest BCUT2D eigenvalue weighted by molar-refractivity contribution is 6.19. The number of anilines is 2. The van der Waals surface area contributed by atoms with Crippen LogP contribution in [0.4, 0.5) is 11.4 Å². The Labute approximate surface area is 250 Å². The zero-order chi connectivity index (χ0) is 29.9. The Hall–Kier alpha value is -4.48. The predicted octanol–water partition coefficient (Wildman–Crippen LogP) is 8.75. The number of morpholine rings is 1. The van der Waals surface area contributed by atoms with Gasteiger partial charge in [-0.15, -0.1) is 0 Å². The summed E-state index contributed by atoms with van der Waals surface area (Å²) in [6.07, 6.45) is 3.56. The van der Waals surface area contributed by atoms with Crippen molar-refractivity contribution in [3.8, 4) is 11.3 Å². The summed E-state index contributed by atoms with van der Waals surface area (Å²) in [7, 11) is 2.11. The van der Waals surface area contributed by atoms with Gasteiger partial charge in [-0.3, -0.25) is 4.79 Å². The van der Waals surface area contributed by atoms with Crippen LogP contribution < -0.4 is 4.90 Å². The number of carbonyl (C=O) groups is 1.